The summed E-state index contributed by atoms with van der Waals surface area (Å²) in [7, 11) is 0. The van der Waals surface area contributed by atoms with Crippen LogP contribution in [0.15, 0.2) is 84.9 Å². The largest absolute Gasteiger partial charge is 0.346 e. The average Bonchev–Trinajstić information content (AvgIpc) is 3.08. The molecule has 1 fully saturated rings. The van der Waals surface area contributed by atoms with Crippen LogP contribution < -0.4 is 9.80 Å². The zero-order valence-corrected chi connectivity index (χ0v) is 14.1. The van der Waals surface area contributed by atoms with Crippen molar-refractivity contribution in [1.29, 1.82) is 0 Å². The van der Waals surface area contributed by atoms with Crippen molar-refractivity contribution in [3.05, 3.63) is 95.5 Å². The molecule has 1 aliphatic rings. The lowest BCUT2D eigenvalue weighted by atomic mass is 10.1. The van der Waals surface area contributed by atoms with Crippen molar-refractivity contribution >= 4 is 23.0 Å². The number of benzene rings is 3. The summed E-state index contributed by atoms with van der Waals surface area (Å²) in [5.41, 5.74) is 3.69. The van der Waals surface area contributed by atoms with Gasteiger partial charge in [-0.25, -0.2) is 0 Å². The molecule has 3 heteroatoms. The van der Waals surface area contributed by atoms with E-state index >= 15 is 0 Å². The number of rotatable bonds is 3. The third-order valence-corrected chi connectivity index (χ3v) is 4.73. The summed E-state index contributed by atoms with van der Waals surface area (Å²) in [6, 6.07) is 29.4. The number of anilines is 2. The lowest BCUT2D eigenvalue weighted by Crippen LogP contribution is -2.30. The monoisotopic (exact) mass is 334 g/mol. The standard InChI is InChI=1S/C21H19ClN2/c22-18-9-7-8-17(16-18)21-23(19-10-3-1-4-11-19)14-15-24(21)20-12-5-2-6-13-20/h1-13,16,21H,14-15H2. The summed E-state index contributed by atoms with van der Waals surface area (Å²) in [5.74, 6) is 0. The van der Waals surface area contributed by atoms with Crippen LogP contribution in [0.25, 0.3) is 0 Å². The van der Waals surface area contributed by atoms with Gasteiger partial charge in [-0.3, -0.25) is 0 Å². The minimum absolute atomic E-state index is 0.147. The highest BCUT2D eigenvalue weighted by Crippen LogP contribution is 2.38. The molecule has 120 valence electrons. The first kappa shape index (κ1) is 15.1. The summed E-state index contributed by atoms with van der Waals surface area (Å²) in [5, 5.41) is 0.778. The topological polar surface area (TPSA) is 6.48 Å². The van der Waals surface area contributed by atoms with E-state index in [2.05, 4.69) is 82.6 Å². The predicted molar refractivity (Wildman–Crippen MR) is 102 cm³/mol. The number of hydrogen-bond donors (Lipinski definition) is 0. The molecular weight excluding hydrogens is 316 g/mol. The van der Waals surface area contributed by atoms with Crippen LogP contribution in [0, 0.1) is 0 Å². The second kappa shape index (κ2) is 6.58. The van der Waals surface area contributed by atoms with Gasteiger partial charge in [0.25, 0.3) is 0 Å². The Hall–Kier alpha value is -2.45. The summed E-state index contributed by atoms with van der Waals surface area (Å²) in [6.45, 7) is 1.96. The van der Waals surface area contributed by atoms with Gasteiger partial charge >= 0.3 is 0 Å². The highest BCUT2D eigenvalue weighted by molar-refractivity contribution is 6.30. The smallest absolute Gasteiger partial charge is 0.128 e. The normalized spacial score (nSPS) is 15.0. The Kier molecular flexibility index (Phi) is 4.14. The van der Waals surface area contributed by atoms with Gasteiger partial charge in [-0.05, 0) is 42.0 Å². The number of halogens is 1. The molecule has 24 heavy (non-hydrogen) atoms. The molecule has 0 radical (unpaired) electrons. The van der Waals surface area contributed by atoms with E-state index in [0.29, 0.717) is 0 Å². The van der Waals surface area contributed by atoms with Gasteiger partial charge in [0.1, 0.15) is 6.17 Å². The summed E-state index contributed by atoms with van der Waals surface area (Å²) >= 11 is 6.27. The highest BCUT2D eigenvalue weighted by Gasteiger charge is 2.33. The van der Waals surface area contributed by atoms with E-state index < -0.39 is 0 Å². The molecule has 1 aliphatic heterocycles. The molecule has 0 aromatic heterocycles. The van der Waals surface area contributed by atoms with Crippen LogP contribution in [-0.2, 0) is 0 Å². The maximum Gasteiger partial charge on any atom is 0.128 e. The molecule has 3 aromatic rings. The number of nitrogens with zero attached hydrogens (tertiary/aromatic N) is 2. The molecule has 0 N–H and O–H groups in total. The van der Waals surface area contributed by atoms with Crippen molar-refractivity contribution in [2.45, 2.75) is 6.17 Å². The van der Waals surface area contributed by atoms with Crippen LogP contribution in [0.2, 0.25) is 5.02 Å². The molecule has 2 nitrogen and oxygen atoms in total. The Labute approximate surface area is 147 Å². The third-order valence-electron chi connectivity index (χ3n) is 4.49. The van der Waals surface area contributed by atoms with Gasteiger partial charge in [0, 0.05) is 29.5 Å². The van der Waals surface area contributed by atoms with E-state index in [9.17, 15) is 0 Å². The van der Waals surface area contributed by atoms with Gasteiger partial charge in [0.05, 0.1) is 0 Å². The fourth-order valence-electron chi connectivity index (χ4n) is 3.43. The Balaban J connectivity index is 1.78. The molecule has 3 aromatic carbocycles. The van der Waals surface area contributed by atoms with Gasteiger partial charge in [0.2, 0.25) is 0 Å². The van der Waals surface area contributed by atoms with Gasteiger partial charge in [-0.2, -0.15) is 0 Å². The van der Waals surface area contributed by atoms with Crippen molar-refractivity contribution < 1.29 is 0 Å². The van der Waals surface area contributed by atoms with Gasteiger partial charge in [-0.15, -0.1) is 0 Å². The molecule has 0 bridgehead atoms. The van der Waals surface area contributed by atoms with Crippen molar-refractivity contribution in [2.24, 2.45) is 0 Å². The Bertz CT molecular complexity index is 757. The van der Waals surface area contributed by atoms with Crippen LogP contribution in [0.5, 0.6) is 0 Å². The van der Waals surface area contributed by atoms with E-state index in [1.165, 1.54) is 16.9 Å². The quantitative estimate of drug-likeness (QED) is 0.635. The highest BCUT2D eigenvalue weighted by atomic mass is 35.5. The number of hydrogen-bond acceptors (Lipinski definition) is 2. The van der Waals surface area contributed by atoms with Crippen molar-refractivity contribution in [3.8, 4) is 0 Å². The molecule has 0 atom stereocenters. The van der Waals surface area contributed by atoms with Crippen LogP contribution in [-0.4, -0.2) is 13.1 Å². The van der Waals surface area contributed by atoms with E-state index in [-0.39, 0.29) is 6.17 Å². The predicted octanol–water partition coefficient (Wildman–Crippen LogP) is 5.37. The van der Waals surface area contributed by atoms with Gasteiger partial charge in [-0.1, -0.05) is 60.1 Å². The van der Waals surface area contributed by atoms with E-state index in [1.807, 2.05) is 12.1 Å². The maximum absolute atomic E-state index is 6.27. The van der Waals surface area contributed by atoms with Gasteiger partial charge in [0.15, 0.2) is 0 Å². The molecule has 0 spiro atoms. The van der Waals surface area contributed by atoms with Crippen molar-refractivity contribution in [2.75, 3.05) is 22.9 Å². The Morgan fingerprint density at radius 3 is 1.71 bits per heavy atom. The molecule has 1 saturated heterocycles. The van der Waals surface area contributed by atoms with Crippen LogP contribution >= 0.6 is 11.6 Å². The zero-order chi connectivity index (χ0) is 16.4. The molecule has 0 aliphatic carbocycles. The Morgan fingerprint density at radius 2 is 1.21 bits per heavy atom. The lowest BCUT2D eigenvalue weighted by Gasteiger charge is -2.33. The summed E-state index contributed by atoms with van der Waals surface area (Å²) in [6.07, 6.45) is 0.147. The second-order valence-electron chi connectivity index (χ2n) is 5.99. The fourth-order valence-corrected chi connectivity index (χ4v) is 3.63. The SMILES string of the molecule is Clc1cccc(C2N(c3ccccc3)CCN2c2ccccc2)c1. The van der Waals surface area contributed by atoms with Gasteiger partial charge < -0.3 is 9.80 Å². The number of para-hydroxylation sites is 2. The molecular formula is C21H19ClN2. The van der Waals surface area contributed by atoms with E-state index in [1.54, 1.807) is 0 Å². The Morgan fingerprint density at radius 1 is 0.667 bits per heavy atom. The molecule has 0 unspecified atom stereocenters. The average molecular weight is 335 g/mol. The minimum atomic E-state index is 0.147. The van der Waals surface area contributed by atoms with Crippen molar-refractivity contribution in [1.82, 2.24) is 0 Å². The van der Waals surface area contributed by atoms with Crippen molar-refractivity contribution in [3.63, 3.8) is 0 Å². The van der Waals surface area contributed by atoms with E-state index in [0.717, 1.165) is 18.1 Å². The first-order valence-corrected chi connectivity index (χ1v) is 8.59. The second-order valence-corrected chi connectivity index (χ2v) is 6.42. The van der Waals surface area contributed by atoms with Crippen LogP contribution in [0.4, 0.5) is 11.4 Å². The first-order valence-electron chi connectivity index (χ1n) is 8.22. The fraction of sp³-hybridized carbons (Fsp3) is 0.143. The third kappa shape index (κ3) is 2.85. The molecule has 4 rings (SSSR count). The van der Waals surface area contributed by atoms with E-state index in [4.69, 9.17) is 11.6 Å². The summed E-state index contributed by atoms with van der Waals surface area (Å²) in [4.78, 5) is 4.89. The first-order chi connectivity index (χ1) is 11.8. The summed E-state index contributed by atoms with van der Waals surface area (Å²) < 4.78 is 0. The zero-order valence-electron chi connectivity index (χ0n) is 13.3. The maximum atomic E-state index is 6.27. The van der Waals surface area contributed by atoms with Crippen LogP contribution in [0.3, 0.4) is 0 Å². The van der Waals surface area contributed by atoms with Crippen LogP contribution in [0.1, 0.15) is 11.7 Å². The molecule has 0 amide bonds. The molecule has 1 heterocycles. The minimum Gasteiger partial charge on any atom is -0.346 e. The lowest BCUT2D eigenvalue weighted by molar-refractivity contribution is 0.717. The molecule has 0 saturated carbocycles.